The minimum Gasteiger partial charge on any atom is -0.338 e. The summed E-state index contributed by atoms with van der Waals surface area (Å²) in [6, 6.07) is 0. The quantitative estimate of drug-likeness (QED) is 0.701. The second-order valence-corrected chi connectivity index (χ2v) is 3.47. The number of hydrogen-bond acceptors (Lipinski definition) is 5. The van der Waals surface area contributed by atoms with E-state index in [1.807, 2.05) is 0 Å². The lowest BCUT2D eigenvalue weighted by Crippen LogP contribution is -1.96. The molecule has 0 aromatic carbocycles. The Kier molecular flexibility index (Phi) is 4.10. The van der Waals surface area contributed by atoms with E-state index in [1.165, 1.54) is 6.42 Å². The molecule has 0 aliphatic carbocycles. The van der Waals surface area contributed by atoms with Crippen molar-refractivity contribution in [2.24, 2.45) is 5.73 Å². The second-order valence-electron chi connectivity index (χ2n) is 2.36. The lowest BCUT2D eigenvalue weighted by atomic mass is 10.6. The molecule has 68 valence electrons. The van der Waals surface area contributed by atoms with Gasteiger partial charge in [0.1, 0.15) is 0 Å². The van der Waals surface area contributed by atoms with Gasteiger partial charge in [0.15, 0.2) is 5.82 Å². The van der Waals surface area contributed by atoms with E-state index < -0.39 is 0 Å². The maximum absolute atomic E-state index is 5.31. The van der Waals surface area contributed by atoms with Crippen LogP contribution in [0.4, 0.5) is 0 Å². The van der Waals surface area contributed by atoms with Gasteiger partial charge in [0, 0.05) is 0 Å². The van der Waals surface area contributed by atoms with Gasteiger partial charge in [-0.3, -0.25) is 0 Å². The van der Waals surface area contributed by atoms with Crippen molar-refractivity contribution in [3.8, 4) is 0 Å². The summed E-state index contributed by atoms with van der Waals surface area (Å²) >= 11 is 1.80. The fourth-order valence-corrected chi connectivity index (χ4v) is 1.47. The largest absolute Gasteiger partial charge is 0.338 e. The summed E-state index contributed by atoms with van der Waals surface area (Å²) in [7, 11) is 0. The van der Waals surface area contributed by atoms with Crippen molar-refractivity contribution in [1.29, 1.82) is 0 Å². The molecule has 1 heterocycles. The first-order valence-corrected chi connectivity index (χ1v) is 5.11. The second kappa shape index (κ2) is 5.16. The van der Waals surface area contributed by atoms with Gasteiger partial charge in [-0.1, -0.05) is 12.1 Å². The zero-order valence-corrected chi connectivity index (χ0v) is 7.93. The number of hydrogen-bond donors (Lipinski definition) is 1. The molecular formula is C7H13N3OS. The standard InChI is InChI=1S/C7H13N3OS/c1-2-3-12-5-6-9-7(4-8)11-10-6/h2-5,8H2,1H3. The van der Waals surface area contributed by atoms with E-state index in [0.29, 0.717) is 12.4 Å². The van der Waals surface area contributed by atoms with Crippen molar-refractivity contribution in [1.82, 2.24) is 10.1 Å². The van der Waals surface area contributed by atoms with Crippen molar-refractivity contribution in [3.05, 3.63) is 11.7 Å². The highest BCUT2D eigenvalue weighted by Gasteiger charge is 2.02. The van der Waals surface area contributed by atoms with Crippen molar-refractivity contribution < 1.29 is 4.52 Å². The van der Waals surface area contributed by atoms with Crippen molar-refractivity contribution >= 4 is 11.8 Å². The molecule has 0 atom stereocenters. The molecule has 0 aliphatic rings. The number of thioether (sulfide) groups is 1. The molecule has 0 unspecified atom stereocenters. The van der Waals surface area contributed by atoms with Crippen LogP contribution in [0.2, 0.25) is 0 Å². The summed E-state index contributed by atoms with van der Waals surface area (Å²) in [4.78, 5) is 4.08. The fourth-order valence-electron chi connectivity index (χ4n) is 0.739. The lowest BCUT2D eigenvalue weighted by Gasteiger charge is -1.91. The topological polar surface area (TPSA) is 64.9 Å². The summed E-state index contributed by atoms with van der Waals surface area (Å²) in [6.45, 7) is 2.47. The van der Waals surface area contributed by atoms with Gasteiger partial charge in [0.25, 0.3) is 0 Å². The Morgan fingerprint density at radius 2 is 2.42 bits per heavy atom. The summed E-state index contributed by atoms with van der Waals surface area (Å²) in [5.41, 5.74) is 5.31. The molecule has 0 fully saturated rings. The third-order valence-electron chi connectivity index (χ3n) is 1.26. The molecule has 1 rings (SSSR count). The van der Waals surface area contributed by atoms with Gasteiger partial charge >= 0.3 is 0 Å². The summed E-state index contributed by atoms with van der Waals surface area (Å²) in [5.74, 6) is 3.21. The summed E-state index contributed by atoms with van der Waals surface area (Å²) in [5, 5.41) is 3.77. The maximum Gasteiger partial charge on any atom is 0.240 e. The van der Waals surface area contributed by atoms with Crippen LogP contribution in [0.25, 0.3) is 0 Å². The number of aromatic nitrogens is 2. The Balaban J connectivity index is 2.31. The smallest absolute Gasteiger partial charge is 0.240 e. The zero-order chi connectivity index (χ0) is 8.81. The van der Waals surface area contributed by atoms with E-state index in [4.69, 9.17) is 10.3 Å². The van der Waals surface area contributed by atoms with E-state index in [0.717, 1.165) is 17.3 Å². The molecule has 0 radical (unpaired) electrons. The SMILES string of the molecule is CCCSCc1noc(CN)n1. The molecule has 0 bridgehead atoms. The van der Waals surface area contributed by atoms with Gasteiger partial charge in [-0.2, -0.15) is 16.7 Å². The van der Waals surface area contributed by atoms with Crippen LogP contribution in [0.5, 0.6) is 0 Å². The van der Waals surface area contributed by atoms with Gasteiger partial charge in [0.05, 0.1) is 12.3 Å². The van der Waals surface area contributed by atoms with Gasteiger partial charge in [-0.25, -0.2) is 0 Å². The molecular weight excluding hydrogens is 174 g/mol. The highest BCUT2D eigenvalue weighted by Crippen LogP contribution is 2.09. The van der Waals surface area contributed by atoms with Crippen molar-refractivity contribution in [2.75, 3.05) is 5.75 Å². The lowest BCUT2D eigenvalue weighted by molar-refractivity contribution is 0.376. The van der Waals surface area contributed by atoms with Gasteiger partial charge in [-0.05, 0) is 12.2 Å². The van der Waals surface area contributed by atoms with Crippen LogP contribution in [-0.4, -0.2) is 15.9 Å². The Morgan fingerprint density at radius 1 is 1.58 bits per heavy atom. The number of rotatable bonds is 5. The first-order valence-electron chi connectivity index (χ1n) is 3.96. The van der Waals surface area contributed by atoms with E-state index in [2.05, 4.69) is 17.1 Å². The highest BCUT2D eigenvalue weighted by atomic mass is 32.2. The van der Waals surface area contributed by atoms with E-state index in [-0.39, 0.29) is 0 Å². The monoisotopic (exact) mass is 187 g/mol. The summed E-state index contributed by atoms with van der Waals surface area (Å²) < 4.78 is 4.85. The Bertz CT molecular complexity index is 226. The minimum absolute atomic E-state index is 0.325. The van der Waals surface area contributed by atoms with Crippen LogP contribution in [-0.2, 0) is 12.3 Å². The maximum atomic E-state index is 5.31. The van der Waals surface area contributed by atoms with Gasteiger partial charge in [0.2, 0.25) is 5.89 Å². The first-order chi connectivity index (χ1) is 5.86. The molecule has 5 heteroatoms. The Hall–Kier alpha value is -0.550. The average molecular weight is 187 g/mol. The van der Waals surface area contributed by atoms with Crippen LogP contribution >= 0.6 is 11.8 Å². The zero-order valence-electron chi connectivity index (χ0n) is 7.12. The molecule has 12 heavy (non-hydrogen) atoms. The molecule has 1 aromatic rings. The van der Waals surface area contributed by atoms with Crippen LogP contribution in [0.3, 0.4) is 0 Å². The summed E-state index contributed by atoms with van der Waals surface area (Å²) in [6.07, 6.45) is 1.17. The third kappa shape index (κ3) is 2.83. The highest BCUT2D eigenvalue weighted by molar-refractivity contribution is 7.98. The molecule has 0 saturated heterocycles. The predicted octanol–water partition coefficient (Wildman–Crippen LogP) is 1.17. The first kappa shape index (κ1) is 9.54. The fraction of sp³-hybridized carbons (Fsp3) is 0.714. The molecule has 1 aromatic heterocycles. The predicted molar refractivity (Wildman–Crippen MR) is 48.6 cm³/mol. The molecule has 2 N–H and O–H groups in total. The third-order valence-corrected chi connectivity index (χ3v) is 2.42. The molecule has 0 saturated carbocycles. The molecule has 0 amide bonds. The number of nitrogens with zero attached hydrogens (tertiary/aromatic N) is 2. The number of nitrogens with two attached hydrogens (primary N) is 1. The Morgan fingerprint density at radius 3 is 3.00 bits per heavy atom. The van der Waals surface area contributed by atoms with Crippen LogP contribution < -0.4 is 5.73 Å². The van der Waals surface area contributed by atoms with Crippen molar-refractivity contribution in [2.45, 2.75) is 25.6 Å². The van der Waals surface area contributed by atoms with Crippen LogP contribution in [0.15, 0.2) is 4.52 Å². The van der Waals surface area contributed by atoms with Crippen LogP contribution in [0.1, 0.15) is 25.1 Å². The van der Waals surface area contributed by atoms with E-state index >= 15 is 0 Å². The van der Waals surface area contributed by atoms with Crippen LogP contribution in [0, 0.1) is 0 Å². The molecule has 0 aliphatic heterocycles. The average Bonchev–Trinajstić information content (AvgIpc) is 2.53. The van der Waals surface area contributed by atoms with Crippen molar-refractivity contribution in [3.63, 3.8) is 0 Å². The van der Waals surface area contributed by atoms with Gasteiger partial charge < -0.3 is 10.3 Å². The normalized spacial score (nSPS) is 10.5. The molecule has 4 nitrogen and oxygen atoms in total. The Labute approximate surface area is 75.9 Å². The van der Waals surface area contributed by atoms with E-state index in [9.17, 15) is 0 Å². The minimum atomic E-state index is 0.325. The van der Waals surface area contributed by atoms with Gasteiger partial charge in [-0.15, -0.1) is 0 Å². The molecule has 0 spiro atoms. The van der Waals surface area contributed by atoms with E-state index in [1.54, 1.807) is 11.8 Å².